The maximum atomic E-state index is 13.5. The van der Waals surface area contributed by atoms with Crippen molar-refractivity contribution in [3.8, 4) is 11.3 Å². The van der Waals surface area contributed by atoms with Gasteiger partial charge in [-0.15, -0.1) is 0 Å². The first kappa shape index (κ1) is 23.0. The normalized spacial score (nSPS) is 15.9. The van der Waals surface area contributed by atoms with Crippen molar-refractivity contribution < 1.29 is 9.13 Å². The molecule has 174 valence electrons. The Kier molecular flexibility index (Phi) is 7.40. The molecule has 0 spiro atoms. The van der Waals surface area contributed by atoms with Gasteiger partial charge < -0.3 is 19.9 Å². The van der Waals surface area contributed by atoms with Crippen LogP contribution in [-0.2, 0) is 16.7 Å². The lowest BCUT2D eigenvalue weighted by molar-refractivity contribution is 0.0530. The first-order valence-electron chi connectivity index (χ1n) is 11.5. The van der Waals surface area contributed by atoms with E-state index < -0.39 is 0 Å². The minimum Gasteiger partial charge on any atom is -0.381 e. The number of aromatic nitrogens is 2. The molecule has 0 saturated carbocycles. The van der Waals surface area contributed by atoms with E-state index in [1.54, 1.807) is 0 Å². The van der Waals surface area contributed by atoms with Gasteiger partial charge in [-0.1, -0.05) is 42.5 Å². The topological polar surface area (TPSA) is 65.5 Å². The van der Waals surface area contributed by atoms with Gasteiger partial charge >= 0.3 is 0 Å². The standard InChI is InChI=1S/C26H32FN5O/c1-3-28-25(32(2)18-24-29-17-23(31-24)20-7-5-4-6-8-20)30-19-26(13-15-33-16-14-26)21-9-11-22(27)12-10-21/h4-12,17H,3,13-16,18-19H2,1-2H3,(H,28,30)(H,29,31). The van der Waals surface area contributed by atoms with Gasteiger partial charge in [-0.2, -0.15) is 0 Å². The highest BCUT2D eigenvalue weighted by Gasteiger charge is 2.34. The van der Waals surface area contributed by atoms with Crippen LogP contribution in [0.2, 0.25) is 0 Å². The number of hydrogen-bond donors (Lipinski definition) is 2. The third kappa shape index (κ3) is 5.60. The molecule has 33 heavy (non-hydrogen) atoms. The largest absolute Gasteiger partial charge is 0.381 e. The van der Waals surface area contributed by atoms with E-state index in [2.05, 4.69) is 39.2 Å². The number of halogens is 1. The Morgan fingerprint density at radius 1 is 1.15 bits per heavy atom. The average Bonchev–Trinajstić information content (AvgIpc) is 3.31. The number of nitrogens with zero attached hydrogens (tertiary/aromatic N) is 3. The Morgan fingerprint density at radius 2 is 1.88 bits per heavy atom. The van der Waals surface area contributed by atoms with Crippen molar-refractivity contribution in [1.82, 2.24) is 20.2 Å². The smallest absolute Gasteiger partial charge is 0.194 e. The molecule has 0 bridgehead atoms. The number of nitrogens with one attached hydrogen (secondary N) is 2. The molecule has 7 heteroatoms. The SMILES string of the molecule is CCNC(=NCC1(c2ccc(F)cc2)CCOCC1)N(C)Cc1ncc(-c2ccccc2)[nH]1. The van der Waals surface area contributed by atoms with E-state index in [1.165, 1.54) is 12.1 Å². The van der Waals surface area contributed by atoms with Gasteiger partial charge in [0.2, 0.25) is 0 Å². The Labute approximate surface area is 194 Å². The molecule has 6 nitrogen and oxygen atoms in total. The van der Waals surface area contributed by atoms with Crippen LogP contribution in [0.15, 0.2) is 65.8 Å². The number of aliphatic imine (C=N–C) groups is 1. The van der Waals surface area contributed by atoms with Crippen LogP contribution in [-0.4, -0.2) is 54.2 Å². The van der Waals surface area contributed by atoms with E-state index in [-0.39, 0.29) is 11.2 Å². The van der Waals surface area contributed by atoms with Crippen molar-refractivity contribution in [3.05, 3.63) is 78.0 Å². The lowest BCUT2D eigenvalue weighted by Gasteiger charge is -2.37. The zero-order valence-electron chi connectivity index (χ0n) is 19.4. The molecule has 0 radical (unpaired) electrons. The maximum absolute atomic E-state index is 13.5. The molecule has 0 atom stereocenters. The van der Waals surface area contributed by atoms with Crippen molar-refractivity contribution in [2.45, 2.75) is 31.7 Å². The van der Waals surface area contributed by atoms with Crippen molar-refractivity contribution in [2.24, 2.45) is 4.99 Å². The number of rotatable bonds is 7. The Hall–Kier alpha value is -3.19. The number of imidazole rings is 1. The number of benzene rings is 2. The van der Waals surface area contributed by atoms with E-state index in [4.69, 9.17) is 9.73 Å². The number of hydrogen-bond acceptors (Lipinski definition) is 3. The third-order valence-electron chi connectivity index (χ3n) is 6.23. The van der Waals surface area contributed by atoms with Crippen molar-refractivity contribution >= 4 is 5.96 Å². The molecular weight excluding hydrogens is 417 g/mol. The highest BCUT2D eigenvalue weighted by molar-refractivity contribution is 5.79. The van der Waals surface area contributed by atoms with E-state index in [9.17, 15) is 4.39 Å². The first-order chi connectivity index (χ1) is 16.1. The molecule has 1 aliphatic rings. The van der Waals surface area contributed by atoms with Crippen LogP contribution < -0.4 is 5.32 Å². The van der Waals surface area contributed by atoms with Gasteiger partial charge in [-0.05, 0) is 43.0 Å². The minimum atomic E-state index is -0.217. The summed E-state index contributed by atoms with van der Waals surface area (Å²) in [6.07, 6.45) is 3.60. The molecular formula is C26H32FN5O. The molecule has 2 heterocycles. The molecule has 4 rings (SSSR count). The first-order valence-corrected chi connectivity index (χ1v) is 11.5. The Balaban J connectivity index is 1.51. The number of H-pyrrole nitrogens is 1. The quantitative estimate of drug-likeness (QED) is 0.416. The van der Waals surface area contributed by atoms with Crippen LogP contribution in [0.3, 0.4) is 0 Å². The predicted octanol–water partition coefficient (Wildman–Crippen LogP) is 4.36. The lowest BCUT2D eigenvalue weighted by Crippen LogP contribution is -2.42. The average molecular weight is 450 g/mol. The van der Waals surface area contributed by atoms with Gasteiger partial charge in [0.25, 0.3) is 0 Å². The number of ether oxygens (including phenoxy) is 1. The summed E-state index contributed by atoms with van der Waals surface area (Å²) in [5.74, 6) is 1.48. The second-order valence-corrected chi connectivity index (χ2v) is 8.54. The molecule has 2 N–H and O–H groups in total. The van der Waals surface area contributed by atoms with Crippen LogP contribution in [0.25, 0.3) is 11.3 Å². The summed E-state index contributed by atoms with van der Waals surface area (Å²) in [6.45, 7) is 5.42. The highest BCUT2D eigenvalue weighted by Crippen LogP contribution is 2.35. The Bertz CT molecular complexity index is 1040. The highest BCUT2D eigenvalue weighted by atomic mass is 19.1. The fourth-order valence-electron chi connectivity index (χ4n) is 4.31. The molecule has 0 aliphatic carbocycles. The molecule has 0 amide bonds. The maximum Gasteiger partial charge on any atom is 0.194 e. The monoisotopic (exact) mass is 449 g/mol. The lowest BCUT2D eigenvalue weighted by atomic mass is 9.74. The molecule has 1 aromatic heterocycles. The van der Waals surface area contributed by atoms with Crippen molar-refractivity contribution in [3.63, 3.8) is 0 Å². The summed E-state index contributed by atoms with van der Waals surface area (Å²) in [7, 11) is 2.01. The number of aromatic amines is 1. The van der Waals surface area contributed by atoms with Crippen molar-refractivity contribution in [2.75, 3.05) is 33.4 Å². The molecule has 0 unspecified atom stereocenters. The minimum absolute atomic E-state index is 0.154. The van der Waals surface area contributed by atoms with Gasteiger partial charge in [0.15, 0.2) is 5.96 Å². The van der Waals surface area contributed by atoms with Crippen LogP contribution in [0, 0.1) is 5.82 Å². The zero-order chi connectivity index (χ0) is 23.1. The van der Waals surface area contributed by atoms with Crippen LogP contribution in [0.4, 0.5) is 4.39 Å². The van der Waals surface area contributed by atoms with Crippen LogP contribution in [0.1, 0.15) is 31.2 Å². The van der Waals surface area contributed by atoms with Crippen molar-refractivity contribution in [1.29, 1.82) is 0 Å². The van der Waals surface area contributed by atoms with Gasteiger partial charge in [0.1, 0.15) is 11.6 Å². The van der Waals surface area contributed by atoms with E-state index in [1.807, 2.05) is 43.6 Å². The molecule has 2 aromatic carbocycles. The summed E-state index contributed by atoms with van der Waals surface area (Å²) in [4.78, 5) is 15.1. The Morgan fingerprint density at radius 3 is 2.58 bits per heavy atom. The second kappa shape index (κ2) is 10.6. The predicted molar refractivity (Wildman–Crippen MR) is 130 cm³/mol. The number of guanidine groups is 1. The molecule has 1 saturated heterocycles. The van der Waals surface area contributed by atoms with Gasteiger partial charge in [-0.3, -0.25) is 4.99 Å². The summed E-state index contributed by atoms with van der Waals surface area (Å²) in [5.41, 5.74) is 3.07. The van der Waals surface area contributed by atoms with Gasteiger partial charge in [0.05, 0.1) is 25.0 Å². The molecule has 1 aliphatic heterocycles. The third-order valence-corrected chi connectivity index (χ3v) is 6.23. The van der Waals surface area contributed by atoms with E-state index in [0.29, 0.717) is 26.3 Å². The van der Waals surface area contributed by atoms with Crippen LogP contribution >= 0.6 is 0 Å². The summed E-state index contributed by atoms with van der Waals surface area (Å²) >= 11 is 0. The fraction of sp³-hybridized carbons (Fsp3) is 0.385. The van der Waals surface area contributed by atoms with E-state index >= 15 is 0 Å². The van der Waals surface area contributed by atoms with Crippen LogP contribution in [0.5, 0.6) is 0 Å². The molecule has 1 fully saturated rings. The molecule has 3 aromatic rings. The fourth-order valence-corrected chi connectivity index (χ4v) is 4.31. The van der Waals surface area contributed by atoms with E-state index in [0.717, 1.165) is 48.0 Å². The second-order valence-electron chi connectivity index (χ2n) is 8.54. The summed E-state index contributed by atoms with van der Waals surface area (Å²) in [6, 6.07) is 17.0. The zero-order valence-corrected chi connectivity index (χ0v) is 19.4. The summed E-state index contributed by atoms with van der Waals surface area (Å²) in [5, 5.41) is 3.40. The van der Waals surface area contributed by atoms with Gasteiger partial charge in [0, 0.05) is 32.2 Å². The van der Waals surface area contributed by atoms with Gasteiger partial charge in [-0.25, -0.2) is 9.37 Å². The summed E-state index contributed by atoms with van der Waals surface area (Å²) < 4.78 is 19.2.